The van der Waals surface area contributed by atoms with Gasteiger partial charge in [-0.25, -0.2) is 0 Å². The van der Waals surface area contributed by atoms with Crippen LogP contribution in [0, 0.1) is 6.92 Å². The van der Waals surface area contributed by atoms with E-state index in [1.807, 2.05) is 32.0 Å². The summed E-state index contributed by atoms with van der Waals surface area (Å²) in [5.41, 5.74) is 1.12. The van der Waals surface area contributed by atoms with Gasteiger partial charge in [-0.3, -0.25) is 0 Å². The van der Waals surface area contributed by atoms with Crippen molar-refractivity contribution in [3.8, 4) is 0 Å². The Morgan fingerprint density at radius 2 is 2.29 bits per heavy atom. The Labute approximate surface area is 98.8 Å². The summed E-state index contributed by atoms with van der Waals surface area (Å²) in [7, 11) is 0. The highest BCUT2D eigenvalue weighted by Crippen LogP contribution is 2.26. The highest BCUT2D eigenvalue weighted by Gasteiger charge is 2.04. The third kappa shape index (κ3) is 3.48. The molecule has 1 aromatic carbocycles. The van der Waals surface area contributed by atoms with Gasteiger partial charge in [0.05, 0.1) is 6.61 Å². The molecule has 0 aliphatic rings. The summed E-state index contributed by atoms with van der Waals surface area (Å²) in [4.78, 5) is 1.09. The summed E-state index contributed by atoms with van der Waals surface area (Å²) in [6.07, 6.45) is 0. The van der Waals surface area contributed by atoms with Crippen LogP contribution in [0.4, 0.5) is 0 Å². The van der Waals surface area contributed by atoms with Crippen LogP contribution in [-0.2, 0) is 4.74 Å². The van der Waals surface area contributed by atoms with E-state index in [1.165, 1.54) is 11.8 Å². The van der Waals surface area contributed by atoms with Crippen LogP contribution in [0.2, 0.25) is 5.02 Å². The van der Waals surface area contributed by atoms with E-state index in [9.17, 15) is 0 Å². The second-order valence-electron chi connectivity index (χ2n) is 2.69. The third-order valence-electron chi connectivity index (χ3n) is 1.59. The van der Waals surface area contributed by atoms with Crippen molar-refractivity contribution in [1.82, 2.24) is 0 Å². The molecule has 0 N–H and O–H groups in total. The molecule has 0 unspecified atom stereocenters. The number of hydrogen-bond acceptors (Lipinski definition) is 3. The van der Waals surface area contributed by atoms with Crippen LogP contribution in [0.15, 0.2) is 23.1 Å². The van der Waals surface area contributed by atoms with Gasteiger partial charge in [0.1, 0.15) is 0 Å². The van der Waals surface area contributed by atoms with E-state index < -0.39 is 0 Å². The molecule has 0 atom stereocenters. The van der Waals surface area contributed by atoms with Crippen molar-refractivity contribution < 1.29 is 4.74 Å². The lowest BCUT2D eigenvalue weighted by molar-refractivity contribution is 0.346. The third-order valence-corrected chi connectivity index (χ3v) is 3.16. The summed E-state index contributed by atoms with van der Waals surface area (Å²) in [6, 6.07) is 5.72. The predicted octanol–water partition coefficient (Wildman–Crippen LogP) is 4.06. The number of ether oxygens (including phenoxy) is 1. The minimum Gasteiger partial charge on any atom is -0.479 e. The average molecular weight is 247 g/mol. The maximum atomic E-state index is 5.84. The molecule has 0 aromatic heterocycles. The van der Waals surface area contributed by atoms with E-state index in [0.29, 0.717) is 11.0 Å². The molecule has 0 fully saturated rings. The summed E-state index contributed by atoms with van der Waals surface area (Å²) < 4.78 is 5.75. The lowest BCUT2D eigenvalue weighted by Crippen LogP contribution is -1.95. The number of thioether (sulfide) groups is 1. The lowest BCUT2D eigenvalue weighted by atomic mass is 10.2. The van der Waals surface area contributed by atoms with Gasteiger partial charge in [-0.1, -0.05) is 11.6 Å². The Morgan fingerprint density at radius 1 is 1.57 bits per heavy atom. The number of halogens is 1. The molecule has 0 aliphatic carbocycles. The molecule has 1 aromatic rings. The molecule has 0 aliphatic heterocycles. The van der Waals surface area contributed by atoms with Gasteiger partial charge in [0.15, 0.2) is 0 Å². The highest BCUT2D eigenvalue weighted by atomic mass is 35.5. The molecule has 0 saturated carbocycles. The summed E-state index contributed by atoms with van der Waals surface area (Å²) in [5.74, 6) is 0. The van der Waals surface area contributed by atoms with Crippen molar-refractivity contribution >= 4 is 40.0 Å². The summed E-state index contributed by atoms with van der Waals surface area (Å²) in [5, 5.41) is 0.745. The minimum absolute atomic E-state index is 0.554. The van der Waals surface area contributed by atoms with Crippen LogP contribution in [0.1, 0.15) is 12.5 Å². The van der Waals surface area contributed by atoms with Crippen molar-refractivity contribution in [1.29, 1.82) is 0 Å². The molecule has 0 spiro atoms. The van der Waals surface area contributed by atoms with Gasteiger partial charge < -0.3 is 4.74 Å². The summed E-state index contributed by atoms with van der Waals surface area (Å²) in [6.45, 7) is 4.53. The highest BCUT2D eigenvalue weighted by molar-refractivity contribution is 8.22. The van der Waals surface area contributed by atoms with E-state index in [1.54, 1.807) is 0 Å². The molecule has 1 nitrogen and oxygen atoms in total. The van der Waals surface area contributed by atoms with Crippen molar-refractivity contribution in [3.05, 3.63) is 28.8 Å². The first kappa shape index (κ1) is 11.8. The lowest BCUT2D eigenvalue weighted by Gasteiger charge is -2.06. The maximum Gasteiger partial charge on any atom is 0.224 e. The monoisotopic (exact) mass is 246 g/mol. The van der Waals surface area contributed by atoms with Gasteiger partial charge in [-0.15, -0.1) is 0 Å². The SMILES string of the molecule is CCOC(=S)Sc1ccc(Cl)cc1C. The summed E-state index contributed by atoms with van der Waals surface area (Å²) >= 11 is 12.3. The Kier molecular flexibility index (Phi) is 4.72. The van der Waals surface area contributed by atoms with Gasteiger partial charge in [0.2, 0.25) is 4.38 Å². The predicted molar refractivity (Wildman–Crippen MR) is 66.3 cm³/mol. The van der Waals surface area contributed by atoms with Gasteiger partial charge >= 0.3 is 0 Å². The van der Waals surface area contributed by atoms with Gasteiger partial charge in [-0.2, -0.15) is 0 Å². The fourth-order valence-corrected chi connectivity index (χ4v) is 2.29. The first-order chi connectivity index (χ1) is 6.63. The van der Waals surface area contributed by atoms with Crippen LogP contribution in [0.5, 0.6) is 0 Å². The zero-order valence-corrected chi connectivity index (χ0v) is 10.4. The molecular weight excluding hydrogens is 236 g/mol. The van der Waals surface area contributed by atoms with Crippen LogP contribution in [-0.4, -0.2) is 11.0 Å². The first-order valence-corrected chi connectivity index (χ1v) is 5.84. The molecule has 0 bridgehead atoms. The molecule has 76 valence electrons. The van der Waals surface area contributed by atoms with E-state index in [-0.39, 0.29) is 0 Å². The van der Waals surface area contributed by atoms with Crippen molar-refractivity contribution in [2.75, 3.05) is 6.61 Å². The van der Waals surface area contributed by atoms with E-state index in [4.69, 9.17) is 28.6 Å². The molecule has 0 amide bonds. The Bertz CT molecular complexity index is 339. The second-order valence-corrected chi connectivity index (χ2v) is 4.78. The Balaban J connectivity index is 2.72. The molecule has 0 radical (unpaired) electrons. The van der Waals surface area contributed by atoms with Gasteiger partial charge in [-0.05, 0) is 61.6 Å². The van der Waals surface area contributed by atoms with Crippen LogP contribution in [0.25, 0.3) is 0 Å². The number of thiocarbonyl (C=S) groups is 1. The van der Waals surface area contributed by atoms with E-state index in [2.05, 4.69) is 0 Å². The van der Waals surface area contributed by atoms with Crippen LogP contribution >= 0.6 is 35.6 Å². The maximum absolute atomic E-state index is 5.84. The van der Waals surface area contributed by atoms with Crippen molar-refractivity contribution in [2.45, 2.75) is 18.7 Å². The molecule has 1 rings (SSSR count). The van der Waals surface area contributed by atoms with E-state index in [0.717, 1.165) is 15.5 Å². The van der Waals surface area contributed by atoms with E-state index >= 15 is 0 Å². The van der Waals surface area contributed by atoms with Gasteiger partial charge in [0.25, 0.3) is 0 Å². The zero-order chi connectivity index (χ0) is 10.6. The number of hydrogen-bond donors (Lipinski definition) is 0. The molecular formula is C10H11ClOS2. The zero-order valence-electron chi connectivity index (χ0n) is 8.04. The smallest absolute Gasteiger partial charge is 0.224 e. The fourth-order valence-electron chi connectivity index (χ4n) is 0.964. The quantitative estimate of drug-likeness (QED) is 0.575. The standard InChI is InChI=1S/C10H11ClOS2/c1-3-12-10(13)14-9-5-4-8(11)6-7(9)2/h4-6H,3H2,1-2H3. The van der Waals surface area contributed by atoms with Crippen molar-refractivity contribution in [2.24, 2.45) is 0 Å². The first-order valence-electron chi connectivity index (χ1n) is 4.24. The minimum atomic E-state index is 0.554. The molecule has 14 heavy (non-hydrogen) atoms. The normalized spacial score (nSPS) is 9.93. The second kappa shape index (κ2) is 5.59. The number of benzene rings is 1. The Morgan fingerprint density at radius 3 is 2.86 bits per heavy atom. The topological polar surface area (TPSA) is 9.23 Å². The van der Waals surface area contributed by atoms with Crippen LogP contribution < -0.4 is 0 Å². The number of rotatable bonds is 2. The molecule has 0 heterocycles. The Hall–Kier alpha value is -0.250. The number of aryl methyl sites for hydroxylation is 1. The average Bonchev–Trinajstić information content (AvgIpc) is 2.10. The molecule has 0 saturated heterocycles. The fraction of sp³-hybridized carbons (Fsp3) is 0.300. The molecule has 4 heteroatoms. The van der Waals surface area contributed by atoms with Crippen molar-refractivity contribution in [3.63, 3.8) is 0 Å². The van der Waals surface area contributed by atoms with Crippen LogP contribution in [0.3, 0.4) is 0 Å². The van der Waals surface area contributed by atoms with Gasteiger partial charge in [0, 0.05) is 9.92 Å². The largest absolute Gasteiger partial charge is 0.479 e.